The first-order valence-corrected chi connectivity index (χ1v) is 5.52. The maximum absolute atomic E-state index is 11.4. The molecule has 0 aromatic rings. The first-order valence-electron chi connectivity index (χ1n) is 5.52. The predicted molar refractivity (Wildman–Crippen MR) is 60.5 cm³/mol. The number of carbonyl (C=O) groups is 1. The first-order chi connectivity index (χ1) is 6.58. The van der Waals surface area contributed by atoms with E-state index in [1.165, 1.54) is 13.8 Å². The van der Waals surface area contributed by atoms with Crippen LogP contribution in [0.3, 0.4) is 0 Å². The van der Waals surface area contributed by atoms with Crippen molar-refractivity contribution in [1.82, 2.24) is 0 Å². The van der Waals surface area contributed by atoms with Gasteiger partial charge in [0, 0.05) is 0 Å². The number of ether oxygens (including phenoxy) is 1. The SMILES string of the molecule is CCC(C)(C)CC(C)OC(=O)C(C)(C)O. The van der Waals surface area contributed by atoms with E-state index in [0.717, 1.165) is 12.8 Å². The van der Waals surface area contributed by atoms with Gasteiger partial charge in [-0.2, -0.15) is 0 Å². The van der Waals surface area contributed by atoms with Gasteiger partial charge in [-0.15, -0.1) is 0 Å². The van der Waals surface area contributed by atoms with Crippen molar-refractivity contribution in [2.45, 2.75) is 66.1 Å². The van der Waals surface area contributed by atoms with Crippen LogP contribution in [-0.2, 0) is 9.53 Å². The van der Waals surface area contributed by atoms with Crippen molar-refractivity contribution in [3.63, 3.8) is 0 Å². The average molecular weight is 216 g/mol. The van der Waals surface area contributed by atoms with E-state index in [0.29, 0.717) is 0 Å². The summed E-state index contributed by atoms with van der Waals surface area (Å²) in [6, 6.07) is 0. The summed E-state index contributed by atoms with van der Waals surface area (Å²) < 4.78 is 5.16. The number of rotatable bonds is 5. The molecule has 90 valence electrons. The molecule has 0 rings (SSSR count). The third kappa shape index (κ3) is 5.78. The molecule has 0 fully saturated rings. The Morgan fingerprint density at radius 1 is 1.33 bits per heavy atom. The number of esters is 1. The van der Waals surface area contributed by atoms with Crippen molar-refractivity contribution < 1.29 is 14.6 Å². The molecule has 0 saturated heterocycles. The summed E-state index contributed by atoms with van der Waals surface area (Å²) in [4.78, 5) is 11.4. The lowest BCUT2D eigenvalue weighted by Crippen LogP contribution is -2.36. The summed E-state index contributed by atoms with van der Waals surface area (Å²) in [6.07, 6.45) is 1.70. The molecule has 0 aromatic carbocycles. The fourth-order valence-electron chi connectivity index (χ4n) is 1.29. The molecule has 0 bridgehead atoms. The van der Waals surface area contributed by atoms with Crippen LogP contribution < -0.4 is 0 Å². The number of hydrogen-bond donors (Lipinski definition) is 1. The lowest BCUT2D eigenvalue weighted by atomic mass is 9.84. The van der Waals surface area contributed by atoms with Crippen LogP contribution in [0.5, 0.6) is 0 Å². The van der Waals surface area contributed by atoms with Crippen LogP contribution in [-0.4, -0.2) is 22.8 Å². The molecule has 1 unspecified atom stereocenters. The van der Waals surface area contributed by atoms with Crippen molar-refractivity contribution in [3.8, 4) is 0 Å². The second kappa shape index (κ2) is 4.97. The van der Waals surface area contributed by atoms with E-state index in [2.05, 4.69) is 20.8 Å². The third-order valence-corrected chi connectivity index (χ3v) is 2.60. The monoisotopic (exact) mass is 216 g/mol. The Balaban J connectivity index is 4.16. The molecule has 0 aliphatic carbocycles. The number of hydrogen-bond acceptors (Lipinski definition) is 3. The van der Waals surface area contributed by atoms with E-state index < -0.39 is 11.6 Å². The highest BCUT2D eigenvalue weighted by molar-refractivity contribution is 5.78. The minimum absolute atomic E-state index is 0.154. The van der Waals surface area contributed by atoms with Gasteiger partial charge >= 0.3 is 5.97 Å². The molecule has 0 amide bonds. The van der Waals surface area contributed by atoms with Crippen LogP contribution in [0, 0.1) is 5.41 Å². The lowest BCUT2D eigenvalue weighted by molar-refractivity contribution is -0.167. The van der Waals surface area contributed by atoms with Gasteiger partial charge in [-0.3, -0.25) is 0 Å². The summed E-state index contributed by atoms with van der Waals surface area (Å²) in [5.74, 6) is -0.554. The van der Waals surface area contributed by atoms with Crippen LogP contribution in [0.15, 0.2) is 0 Å². The van der Waals surface area contributed by atoms with Crippen molar-refractivity contribution >= 4 is 5.97 Å². The van der Waals surface area contributed by atoms with E-state index in [1.807, 2.05) is 6.92 Å². The summed E-state index contributed by atoms with van der Waals surface area (Å²) in [7, 11) is 0. The van der Waals surface area contributed by atoms with E-state index in [9.17, 15) is 9.90 Å². The standard InChI is InChI=1S/C12H24O3/c1-7-11(3,4)8-9(2)15-10(13)12(5,6)14/h9,14H,7-8H2,1-6H3. The number of aliphatic hydroxyl groups is 1. The summed E-state index contributed by atoms with van der Waals surface area (Å²) in [5, 5.41) is 9.42. The van der Waals surface area contributed by atoms with Crippen LogP contribution in [0.4, 0.5) is 0 Å². The highest BCUT2D eigenvalue weighted by Gasteiger charge is 2.29. The van der Waals surface area contributed by atoms with Crippen LogP contribution >= 0.6 is 0 Å². The van der Waals surface area contributed by atoms with Gasteiger partial charge in [0.25, 0.3) is 0 Å². The molecule has 0 spiro atoms. The highest BCUT2D eigenvalue weighted by atomic mass is 16.6. The van der Waals surface area contributed by atoms with E-state index in [-0.39, 0.29) is 11.5 Å². The molecular weight excluding hydrogens is 192 g/mol. The normalized spacial score (nSPS) is 14.9. The Labute approximate surface area is 92.8 Å². The summed E-state index contributed by atoms with van der Waals surface area (Å²) in [5.41, 5.74) is -1.23. The Hall–Kier alpha value is -0.570. The molecule has 0 aromatic heterocycles. The first kappa shape index (κ1) is 14.4. The highest BCUT2D eigenvalue weighted by Crippen LogP contribution is 2.27. The Kier molecular flexibility index (Phi) is 4.78. The Morgan fingerprint density at radius 3 is 2.13 bits per heavy atom. The van der Waals surface area contributed by atoms with Gasteiger partial charge in [-0.25, -0.2) is 4.79 Å². The fraction of sp³-hybridized carbons (Fsp3) is 0.917. The molecule has 1 N–H and O–H groups in total. The van der Waals surface area contributed by atoms with Gasteiger partial charge in [0.15, 0.2) is 5.60 Å². The van der Waals surface area contributed by atoms with Crippen LogP contribution in [0.2, 0.25) is 0 Å². The molecule has 0 saturated carbocycles. The zero-order valence-corrected chi connectivity index (χ0v) is 10.8. The number of carbonyl (C=O) groups excluding carboxylic acids is 1. The smallest absolute Gasteiger partial charge is 0.337 e. The van der Waals surface area contributed by atoms with E-state index >= 15 is 0 Å². The van der Waals surface area contributed by atoms with Gasteiger partial charge in [0.2, 0.25) is 0 Å². The molecule has 0 aliphatic rings. The zero-order valence-electron chi connectivity index (χ0n) is 10.8. The van der Waals surface area contributed by atoms with Crippen molar-refractivity contribution in [1.29, 1.82) is 0 Å². The third-order valence-electron chi connectivity index (χ3n) is 2.60. The maximum atomic E-state index is 11.4. The van der Waals surface area contributed by atoms with Crippen LogP contribution in [0.25, 0.3) is 0 Å². The molecule has 15 heavy (non-hydrogen) atoms. The Morgan fingerprint density at radius 2 is 1.80 bits per heavy atom. The predicted octanol–water partition coefficient (Wildman–Crippen LogP) is 2.52. The molecule has 1 atom stereocenters. The van der Waals surface area contributed by atoms with Gasteiger partial charge in [0.1, 0.15) is 0 Å². The molecular formula is C12H24O3. The fourth-order valence-corrected chi connectivity index (χ4v) is 1.29. The van der Waals surface area contributed by atoms with Gasteiger partial charge in [-0.1, -0.05) is 27.2 Å². The van der Waals surface area contributed by atoms with Gasteiger partial charge in [-0.05, 0) is 32.6 Å². The molecule has 0 aliphatic heterocycles. The lowest BCUT2D eigenvalue weighted by Gasteiger charge is -2.28. The minimum Gasteiger partial charge on any atom is -0.461 e. The van der Waals surface area contributed by atoms with Gasteiger partial charge in [0.05, 0.1) is 6.10 Å². The maximum Gasteiger partial charge on any atom is 0.337 e. The zero-order chi connectivity index (χ0) is 12.3. The second-order valence-electron chi connectivity index (χ2n) is 5.50. The summed E-state index contributed by atoms with van der Waals surface area (Å²) in [6.45, 7) is 11.1. The van der Waals surface area contributed by atoms with Crippen molar-refractivity contribution in [3.05, 3.63) is 0 Å². The van der Waals surface area contributed by atoms with Crippen LogP contribution in [0.1, 0.15) is 54.4 Å². The van der Waals surface area contributed by atoms with Crippen molar-refractivity contribution in [2.24, 2.45) is 5.41 Å². The average Bonchev–Trinajstić information content (AvgIpc) is 2.01. The van der Waals surface area contributed by atoms with E-state index in [4.69, 9.17) is 4.74 Å². The molecule has 0 heterocycles. The quantitative estimate of drug-likeness (QED) is 0.718. The minimum atomic E-state index is -1.40. The van der Waals surface area contributed by atoms with Gasteiger partial charge < -0.3 is 9.84 Å². The summed E-state index contributed by atoms with van der Waals surface area (Å²) >= 11 is 0. The van der Waals surface area contributed by atoms with E-state index in [1.54, 1.807) is 0 Å². The molecule has 0 radical (unpaired) electrons. The molecule has 3 nitrogen and oxygen atoms in total. The topological polar surface area (TPSA) is 46.5 Å². The molecule has 3 heteroatoms. The Bertz CT molecular complexity index is 213. The second-order valence-corrected chi connectivity index (χ2v) is 5.50. The van der Waals surface area contributed by atoms with Crippen molar-refractivity contribution in [2.75, 3.05) is 0 Å². The largest absolute Gasteiger partial charge is 0.461 e.